The Bertz CT molecular complexity index is 883. The molecule has 0 aliphatic heterocycles. The van der Waals surface area contributed by atoms with E-state index in [4.69, 9.17) is 11.6 Å². The van der Waals surface area contributed by atoms with Gasteiger partial charge in [-0.25, -0.2) is 0 Å². The van der Waals surface area contributed by atoms with Gasteiger partial charge >= 0.3 is 0 Å². The molecule has 1 aromatic carbocycles. The largest absolute Gasteiger partial charge is 0.355 e. The highest BCUT2D eigenvalue weighted by Gasteiger charge is 2.34. The second-order valence-corrected chi connectivity index (χ2v) is 9.54. The Kier molecular flexibility index (Phi) is 5.63. The van der Waals surface area contributed by atoms with Gasteiger partial charge in [0.2, 0.25) is 0 Å². The van der Waals surface area contributed by atoms with E-state index in [1.165, 1.54) is 16.2 Å². The van der Waals surface area contributed by atoms with Gasteiger partial charge in [-0.05, 0) is 48.3 Å². The van der Waals surface area contributed by atoms with Crippen LogP contribution in [-0.2, 0) is 12.8 Å². The van der Waals surface area contributed by atoms with Gasteiger partial charge in [0, 0.05) is 11.9 Å². The summed E-state index contributed by atoms with van der Waals surface area (Å²) in [6.07, 6.45) is 2.85. The molecule has 3 rings (SSSR count). The molecule has 0 saturated carbocycles. The Morgan fingerprint density at radius 1 is 1.19 bits per heavy atom. The fraction of sp³-hybridized carbons (Fsp3) is 0.429. The number of thiophene rings is 1. The van der Waals surface area contributed by atoms with Crippen molar-refractivity contribution in [2.75, 3.05) is 12.4 Å². The SMILES string of the molecule is CNC(=O)c1c(NC(=O)c2ccccc2Cl)sc2c1CCC(C(C)(C)C)C2. The first-order chi connectivity index (χ1) is 12.7. The lowest BCUT2D eigenvalue weighted by Gasteiger charge is -2.33. The Labute approximate surface area is 169 Å². The normalized spacial score (nSPS) is 16.6. The standard InChI is InChI=1S/C21H25ClN2O2S/c1-21(2,3)12-9-10-14-16(11-12)27-20(17(14)19(26)23-4)24-18(25)13-7-5-6-8-15(13)22/h5-8,12H,9-11H2,1-4H3,(H,23,26)(H,24,25). The number of hydrogen-bond donors (Lipinski definition) is 2. The van der Waals surface area contributed by atoms with E-state index < -0.39 is 0 Å². The lowest BCUT2D eigenvalue weighted by molar-refractivity contribution is 0.0963. The van der Waals surface area contributed by atoms with Crippen LogP contribution in [0.3, 0.4) is 0 Å². The molecule has 144 valence electrons. The molecule has 4 nitrogen and oxygen atoms in total. The van der Waals surface area contributed by atoms with Crippen LogP contribution in [-0.4, -0.2) is 18.9 Å². The summed E-state index contributed by atoms with van der Waals surface area (Å²) >= 11 is 7.67. The number of amides is 2. The predicted molar refractivity (Wildman–Crippen MR) is 112 cm³/mol. The van der Waals surface area contributed by atoms with Crippen LogP contribution < -0.4 is 10.6 Å². The lowest BCUT2D eigenvalue weighted by atomic mass is 9.72. The number of rotatable bonds is 3. The third-order valence-electron chi connectivity index (χ3n) is 5.29. The zero-order chi connectivity index (χ0) is 19.8. The topological polar surface area (TPSA) is 58.2 Å². The van der Waals surface area contributed by atoms with Gasteiger partial charge in [0.25, 0.3) is 11.8 Å². The van der Waals surface area contributed by atoms with Crippen molar-refractivity contribution in [2.45, 2.75) is 40.0 Å². The van der Waals surface area contributed by atoms with Crippen molar-refractivity contribution in [1.29, 1.82) is 0 Å². The zero-order valence-electron chi connectivity index (χ0n) is 16.1. The summed E-state index contributed by atoms with van der Waals surface area (Å²) in [6, 6.07) is 6.92. The summed E-state index contributed by atoms with van der Waals surface area (Å²) in [5.74, 6) is 0.112. The molecule has 0 bridgehead atoms. The molecule has 1 aromatic heterocycles. The lowest BCUT2D eigenvalue weighted by Crippen LogP contribution is -2.27. The van der Waals surface area contributed by atoms with Crippen LogP contribution in [0.15, 0.2) is 24.3 Å². The fourth-order valence-corrected chi connectivity index (χ4v) is 5.14. The minimum Gasteiger partial charge on any atom is -0.355 e. The van der Waals surface area contributed by atoms with Crippen LogP contribution in [0, 0.1) is 11.3 Å². The summed E-state index contributed by atoms with van der Waals surface area (Å²) in [7, 11) is 1.62. The maximum absolute atomic E-state index is 12.7. The Morgan fingerprint density at radius 3 is 2.52 bits per heavy atom. The zero-order valence-corrected chi connectivity index (χ0v) is 17.7. The van der Waals surface area contributed by atoms with Crippen LogP contribution >= 0.6 is 22.9 Å². The average molecular weight is 405 g/mol. The summed E-state index contributed by atoms with van der Waals surface area (Å²) < 4.78 is 0. The molecular formula is C21H25ClN2O2S. The van der Waals surface area contributed by atoms with Crippen molar-refractivity contribution >= 4 is 39.8 Å². The van der Waals surface area contributed by atoms with E-state index in [2.05, 4.69) is 31.4 Å². The highest BCUT2D eigenvalue weighted by molar-refractivity contribution is 7.17. The molecule has 0 radical (unpaired) electrons. The number of benzene rings is 1. The van der Waals surface area contributed by atoms with E-state index in [0.717, 1.165) is 24.8 Å². The quantitative estimate of drug-likeness (QED) is 0.741. The monoisotopic (exact) mass is 404 g/mol. The molecule has 1 aliphatic carbocycles. The predicted octanol–water partition coefficient (Wildman–Crippen LogP) is 5.16. The molecule has 2 aromatic rings. The van der Waals surface area contributed by atoms with Gasteiger partial charge in [0.05, 0.1) is 16.1 Å². The van der Waals surface area contributed by atoms with Crippen molar-refractivity contribution in [3.63, 3.8) is 0 Å². The van der Waals surface area contributed by atoms with Crippen LogP contribution in [0.2, 0.25) is 5.02 Å². The number of fused-ring (bicyclic) bond motifs is 1. The number of anilines is 1. The van der Waals surface area contributed by atoms with Gasteiger partial charge in [0.15, 0.2) is 0 Å². The van der Waals surface area contributed by atoms with Gasteiger partial charge in [-0.1, -0.05) is 44.5 Å². The molecule has 2 amide bonds. The van der Waals surface area contributed by atoms with E-state index in [9.17, 15) is 9.59 Å². The van der Waals surface area contributed by atoms with Crippen LogP contribution in [0.5, 0.6) is 0 Å². The molecular weight excluding hydrogens is 380 g/mol. The molecule has 6 heteroatoms. The highest BCUT2D eigenvalue weighted by Crippen LogP contribution is 2.44. The number of nitrogens with one attached hydrogen (secondary N) is 2. The van der Waals surface area contributed by atoms with E-state index in [1.807, 2.05) is 0 Å². The number of carbonyl (C=O) groups excluding carboxylic acids is 2. The second-order valence-electron chi connectivity index (χ2n) is 8.03. The van der Waals surface area contributed by atoms with Crippen molar-refractivity contribution in [3.8, 4) is 0 Å². The number of hydrogen-bond acceptors (Lipinski definition) is 3. The summed E-state index contributed by atoms with van der Waals surface area (Å²) in [5, 5.41) is 6.65. The van der Waals surface area contributed by atoms with E-state index in [-0.39, 0.29) is 17.2 Å². The average Bonchev–Trinajstić information content (AvgIpc) is 2.97. The second kappa shape index (κ2) is 7.64. The van der Waals surface area contributed by atoms with Gasteiger partial charge in [0.1, 0.15) is 5.00 Å². The van der Waals surface area contributed by atoms with Crippen molar-refractivity contribution in [2.24, 2.45) is 11.3 Å². The molecule has 1 unspecified atom stereocenters. The Hall–Kier alpha value is -1.85. The third-order valence-corrected chi connectivity index (χ3v) is 6.79. The van der Waals surface area contributed by atoms with Crippen LogP contribution in [0.1, 0.15) is 58.3 Å². The van der Waals surface area contributed by atoms with E-state index in [0.29, 0.717) is 27.1 Å². The first-order valence-corrected chi connectivity index (χ1v) is 10.3. The van der Waals surface area contributed by atoms with E-state index in [1.54, 1.807) is 31.3 Å². The van der Waals surface area contributed by atoms with Gasteiger partial charge < -0.3 is 10.6 Å². The summed E-state index contributed by atoms with van der Waals surface area (Å²) in [5.41, 5.74) is 2.30. The maximum Gasteiger partial charge on any atom is 0.257 e. The highest BCUT2D eigenvalue weighted by atomic mass is 35.5. The van der Waals surface area contributed by atoms with Gasteiger partial charge in [-0.3, -0.25) is 9.59 Å². The van der Waals surface area contributed by atoms with Crippen LogP contribution in [0.4, 0.5) is 5.00 Å². The Balaban J connectivity index is 1.96. The fourth-order valence-electron chi connectivity index (χ4n) is 3.59. The van der Waals surface area contributed by atoms with Crippen molar-refractivity contribution in [3.05, 3.63) is 50.9 Å². The molecule has 0 spiro atoms. The smallest absolute Gasteiger partial charge is 0.257 e. The van der Waals surface area contributed by atoms with Gasteiger partial charge in [-0.15, -0.1) is 11.3 Å². The third kappa shape index (κ3) is 4.04. The molecule has 1 atom stereocenters. The molecule has 0 fully saturated rings. The molecule has 0 saturated heterocycles. The number of halogens is 1. The minimum absolute atomic E-state index is 0.156. The first-order valence-electron chi connectivity index (χ1n) is 9.15. The van der Waals surface area contributed by atoms with Crippen LogP contribution in [0.25, 0.3) is 0 Å². The Morgan fingerprint density at radius 2 is 1.89 bits per heavy atom. The minimum atomic E-state index is -0.295. The van der Waals surface area contributed by atoms with Crippen molar-refractivity contribution in [1.82, 2.24) is 5.32 Å². The maximum atomic E-state index is 12.7. The summed E-state index contributed by atoms with van der Waals surface area (Å²) in [6.45, 7) is 6.78. The number of carbonyl (C=O) groups is 2. The molecule has 1 heterocycles. The molecule has 27 heavy (non-hydrogen) atoms. The van der Waals surface area contributed by atoms with Crippen molar-refractivity contribution < 1.29 is 9.59 Å². The molecule has 1 aliphatic rings. The summed E-state index contributed by atoms with van der Waals surface area (Å²) in [4.78, 5) is 26.5. The van der Waals surface area contributed by atoms with E-state index >= 15 is 0 Å². The first kappa shape index (κ1) is 19.9. The molecule has 2 N–H and O–H groups in total. The van der Waals surface area contributed by atoms with Gasteiger partial charge in [-0.2, -0.15) is 0 Å².